The first kappa shape index (κ1) is 12.4. The van der Waals surface area contributed by atoms with E-state index in [0.717, 1.165) is 18.5 Å². The number of ether oxygens (including phenoxy) is 2. The monoisotopic (exact) mass is 238 g/mol. The Hall–Kier alpha value is -1.04. The third-order valence-electron chi connectivity index (χ3n) is 3.17. The molecule has 0 spiro atoms. The van der Waals surface area contributed by atoms with Crippen LogP contribution in [0.3, 0.4) is 0 Å². The molecule has 0 atom stereocenters. The lowest BCUT2D eigenvalue weighted by Gasteiger charge is -2.34. The van der Waals surface area contributed by atoms with Crippen molar-refractivity contribution < 1.29 is 14.6 Å². The van der Waals surface area contributed by atoms with Gasteiger partial charge in [0.05, 0.1) is 12.3 Å². The van der Waals surface area contributed by atoms with Crippen molar-refractivity contribution in [1.82, 2.24) is 9.97 Å². The van der Waals surface area contributed by atoms with Crippen molar-refractivity contribution in [3.8, 4) is 0 Å². The third kappa shape index (κ3) is 2.46. The van der Waals surface area contributed by atoms with Crippen LogP contribution in [0.5, 0.6) is 0 Å². The lowest BCUT2D eigenvalue weighted by Crippen LogP contribution is -2.37. The predicted molar refractivity (Wildman–Crippen MR) is 61.4 cm³/mol. The summed E-state index contributed by atoms with van der Waals surface area (Å²) in [5.74, 6) is 0.660. The topological polar surface area (TPSA) is 64.5 Å². The van der Waals surface area contributed by atoms with Gasteiger partial charge in [-0.1, -0.05) is 0 Å². The number of hydrogen-bond acceptors (Lipinski definition) is 5. The molecule has 5 heteroatoms. The Kier molecular flexibility index (Phi) is 3.71. The van der Waals surface area contributed by atoms with E-state index in [1.165, 1.54) is 0 Å². The van der Waals surface area contributed by atoms with Gasteiger partial charge >= 0.3 is 0 Å². The molecule has 1 saturated heterocycles. The number of aryl methyl sites for hydroxylation is 1. The van der Waals surface area contributed by atoms with E-state index in [-0.39, 0.29) is 6.61 Å². The van der Waals surface area contributed by atoms with Gasteiger partial charge in [-0.05, 0) is 13.0 Å². The maximum absolute atomic E-state index is 9.19. The molecule has 0 saturated carbocycles. The number of aromatic nitrogens is 2. The first-order chi connectivity index (χ1) is 8.20. The minimum absolute atomic E-state index is 0.0767. The number of rotatable bonds is 3. The summed E-state index contributed by atoms with van der Waals surface area (Å²) in [7, 11) is 1.68. The van der Waals surface area contributed by atoms with Gasteiger partial charge in [-0.2, -0.15) is 0 Å². The van der Waals surface area contributed by atoms with E-state index < -0.39 is 5.60 Å². The summed E-state index contributed by atoms with van der Waals surface area (Å²) >= 11 is 0. The zero-order chi connectivity index (χ0) is 12.3. The van der Waals surface area contributed by atoms with Crippen molar-refractivity contribution >= 4 is 0 Å². The maximum atomic E-state index is 9.19. The van der Waals surface area contributed by atoms with Crippen molar-refractivity contribution in [3.05, 3.63) is 23.3 Å². The van der Waals surface area contributed by atoms with E-state index >= 15 is 0 Å². The Balaban J connectivity index is 2.38. The number of methoxy groups -OCH3 is 1. The Morgan fingerprint density at radius 3 is 2.71 bits per heavy atom. The van der Waals surface area contributed by atoms with E-state index in [4.69, 9.17) is 9.47 Å². The Bertz CT molecular complexity index is 389. The van der Waals surface area contributed by atoms with Gasteiger partial charge in [-0.15, -0.1) is 0 Å². The molecular weight excluding hydrogens is 220 g/mol. The zero-order valence-electron chi connectivity index (χ0n) is 10.3. The van der Waals surface area contributed by atoms with Crippen LogP contribution in [0, 0.1) is 6.92 Å². The van der Waals surface area contributed by atoms with Crippen LogP contribution in [-0.2, 0) is 21.7 Å². The van der Waals surface area contributed by atoms with Gasteiger partial charge < -0.3 is 14.6 Å². The predicted octanol–water partition coefficient (Wildman–Crippen LogP) is 0.929. The quantitative estimate of drug-likeness (QED) is 0.848. The molecule has 2 rings (SSSR count). The Labute approximate surface area is 101 Å². The van der Waals surface area contributed by atoms with E-state index in [2.05, 4.69) is 9.97 Å². The number of hydrogen-bond donors (Lipinski definition) is 1. The fraction of sp³-hybridized carbons (Fsp3) is 0.667. The third-order valence-corrected chi connectivity index (χ3v) is 3.17. The number of aliphatic hydroxyl groups is 1. The fourth-order valence-electron chi connectivity index (χ4n) is 2.14. The molecule has 1 aromatic heterocycles. The second kappa shape index (κ2) is 5.08. The molecule has 1 N–H and O–H groups in total. The second-order valence-corrected chi connectivity index (χ2v) is 4.29. The largest absolute Gasteiger partial charge is 0.390 e. The SMILES string of the molecule is COC1(c2nc(C)cc(CO)n2)CCOCC1. The van der Waals surface area contributed by atoms with Crippen molar-refractivity contribution in [2.45, 2.75) is 32.0 Å². The minimum atomic E-state index is -0.464. The highest BCUT2D eigenvalue weighted by molar-refractivity contribution is 5.14. The normalized spacial score (nSPS) is 19.2. The fourth-order valence-corrected chi connectivity index (χ4v) is 2.14. The first-order valence-electron chi connectivity index (χ1n) is 5.79. The summed E-state index contributed by atoms with van der Waals surface area (Å²) in [4.78, 5) is 8.82. The van der Waals surface area contributed by atoms with Gasteiger partial charge in [-0.25, -0.2) is 9.97 Å². The molecule has 0 bridgehead atoms. The Morgan fingerprint density at radius 1 is 1.41 bits per heavy atom. The van der Waals surface area contributed by atoms with Crippen LogP contribution in [0.15, 0.2) is 6.07 Å². The van der Waals surface area contributed by atoms with Crippen molar-refractivity contribution in [3.63, 3.8) is 0 Å². The number of nitrogens with zero attached hydrogens (tertiary/aromatic N) is 2. The molecule has 0 aromatic carbocycles. The molecule has 1 aliphatic rings. The van der Waals surface area contributed by atoms with E-state index in [0.29, 0.717) is 24.7 Å². The van der Waals surface area contributed by atoms with Crippen LogP contribution in [-0.4, -0.2) is 35.4 Å². The summed E-state index contributed by atoms with van der Waals surface area (Å²) < 4.78 is 11.0. The molecular formula is C12H18N2O3. The molecule has 17 heavy (non-hydrogen) atoms. The van der Waals surface area contributed by atoms with Crippen molar-refractivity contribution in [2.75, 3.05) is 20.3 Å². The highest BCUT2D eigenvalue weighted by atomic mass is 16.5. The number of aliphatic hydroxyl groups excluding tert-OH is 1. The average molecular weight is 238 g/mol. The van der Waals surface area contributed by atoms with Gasteiger partial charge in [0.25, 0.3) is 0 Å². The van der Waals surface area contributed by atoms with Crippen molar-refractivity contribution in [2.24, 2.45) is 0 Å². The van der Waals surface area contributed by atoms with Crippen LogP contribution in [0.25, 0.3) is 0 Å². The molecule has 5 nitrogen and oxygen atoms in total. The summed E-state index contributed by atoms with van der Waals surface area (Å²) in [5.41, 5.74) is 1.02. The van der Waals surface area contributed by atoms with Crippen LogP contribution < -0.4 is 0 Å². The van der Waals surface area contributed by atoms with Crippen LogP contribution in [0.2, 0.25) is 0 Å². The molecule has 2 heterocycles. The molecule has 1 aromatic rings. The minimum Gasteiger partial charge on any atom is -0.390 e. The van der Waals surface area contributed by atoms with Crippen molar-refractivity contribution in [1.29, 1.82) is 0 Å². The molecule has 94 valence electrons. The molecule has 0 amide bonds. The summed E-state index contributed by atoms with van der Waals surface area (Å²) in [6.45, 7) is 3.12. The molecule has 0 radical (unpaired) electrons. The molecule has 0 unspecified atom stereocenters. The first-order valence-corrected chi connectivity index (χ1v) is 5.79. The summed E-state index contributed by atoms with van der Waals surface area (Å²) in [6.07, 6.45) is 1.50. The zero-order valence-corrected chi connectivity index (χ0v) is 10.3. The molecule has 1 fully saturated rings. The van der Waals surface area contributed by atoms with E-state index in [9.17, 15) is 5.11 Å². The lowest BCUT2D eigenvalue weighted by molar-refractivity contribution is -0.100. The summed E-state index contributed by atoms with van der Waals surface area (Å²) in [6, 6.07) is 1.78. The van der Waals surface area contributed by atoms with Gasteiger partial charge in [-0.3, -0.25) is 0 Å². The smallest absolute Gasteiger partial charge is 0.161 e. The Morgan fingerprint density at radius 2 is 2.12 bits per heavy atom. The maximum Gasteiger partial charge on any atom is 0.161 e. The van der Waals surface area contributed by atoms with Gasteiger partial charge in [0.2, 0.25) is 0 Å². The highest BCUT2D eigenvalue weighted by Crippen LogP contribution is 2.33. The highest BCUT2D eigenvalue weighted by Gasteiger charge is 2.37. The second-order valence-electron chi connectivity index (χ2n) is 4.29. The standard InChI is InChI=1S/C12H18N2O3/c1-9-7-10(8-15)14-11(13-9)12(16-2)3-5-17-6-4-12/h7,15H,3-6,8H2,1-2H3. The van der Waals surface area contributed by atoms with Crippen LogP contribution in [0.4, 0.5) is 0 Å². The average Bonchev–Trinajstić information content (AvgIpc) is 2.38. The van der Waals surface area contributed by atoms with Gasteiger partial charge in [0, 0.05) is 38.9 Å². The van der Waals surface area contributed by atoms with Crippen LogP contribution >= 0.6 is 0 Å². The van der Waals surface area contributed by atoms with E-state index in [1.807, 2.05) is 6.92 Å². The van der Waals surface area contributed by atoms with Gasteiger partial charge in [0.1, 0.15) is 5.60 Å². The molecule has 1 aliphatic heterocycles. The van der Waals surface area contributed by atoms with E-state index in [1.54, 1.807) is 13.2 Å². The molecule has 0 aliphatic carbocycles. The van der Waals surface area contributed by atoms with Crippen LogP contribution in [0.1, 0.15) is 30.1 Å². The summed E-state index contributed by atoms with van der Waals surface area (Å²) in [5, 5.41) is 9.19. The van der Waals surface area contributed by atoms with Gasteiger partial charge in [0.15, 0.2) is 5.82 Å². The lowest BCUT2D eigenvalue weighted by atomic mass is 9.93.